The van der Waals surface area contributed by atoms with Gasteiger partial charge in [-0.15, -0.1) is 0 Å². The fraction of sp³-hybridized carbons (Fsp3) is 0.862. The lowest BCUT2D eigenvalue weighted by molar-refractivity contribution is -0.0427. The lowest BCUT2D eigenvalue weighted by Crippen LogP contribution is -2.49. The van der Waals surface area contributed by atoms with Crippen molar-refractivity contribution in [1.82, 2.24) is 0 Å². The lowest BCUT2D eigenvalue weighted by atomic mass is 9.47. The highest BCUT2D eigenvalue weighted by Gasteiger charge is 2.58. The average molecular weight is 413 g/mol. The van der Waals surface area contributed by atoms with Crippen LogP contribution in [-0.4, -0.2) is 11.2 Å². The van der Waals surface area contributed by atoms with Crippen molar-refractivity contribution in [3.05, 3.63) is 23.3 Å². The van der Waals surface area contributed by atoms with E-state index in [9.17, 15) is 5.11 Å². The average Bonchev–Trinajstić information content (AvgIpc) is 3.06. The van der Waals surface area contributed by atoms with Crippen molar-refractivity contribution in [2.75, 3.05) is 0 Å². The van der Waals surface area contributed by atoms with Crippen LogP contribution < -0.4 is 0 Å². The Morgan fingerprint density at radius 3 is 2.47 bits per heavy atom. The molecule has 0 radical (unpaired) electrons. The zero-order chi connectivity index (χ0) is 21.7. The van der Waals surface area contributed by atoms with Crippen LogP contribution in [0.25, 0.3) is 0 Å². The first kappa shape index (κ1) is 22.6. The lowest BCUT2D eigenvalue weighted by Gasteiger charge is -2.57. The van der Waals surface area contributed by atoms with E-state index in [2.05, 4.69) is 53.7 Å². The second-order valence-electron chi connectivity index (χ2n) is 12.4. The van der Waals surface area contributed by atoms with Crippen LogP contribution in [0.1, 0.15) is 106 Å². The number of aliphatic hydroxyl groups is 1. The Hall–Kier alpha value is -0.560. The number of hydrogen-bond acceptors (Lipinski definition) is 1. The van der Waals surface area contributed by atoms with E-state index in [0.717, 1.165) is 36.5 Å². The maximum Gasteiger partial charge on any atom is 0.0543 e. The van der Waals surface area contributed by atoms with Crippen LogP contribution in [0.15, 0.2) is 23.3 Å². The van der Waals surface area contributed by atoms with Crippen LogP contribution in [0.5, 0.6) is 0 Å². The molecule has 0 saturated heterocycles. The molecule has 4 aliphatic rings. The summed E-state index contributed by atoms with van der Waals surface area (Å²) in [5.74, 6) is 4.77. The fourth-order valence-electron chi connectivity index (χ4n) is 8.83. The number of fused-ring (bicyclic) bond motifs is 5. The first-order valence-electron chi connectivity index (χ1n) is 13.2. The second kappa shape index (κ2) is 8.42. The minimum absolute atomic E-state index is 0.0449. The van der Waals surface area contributed by atoms with Crippen LogP contribution in [0, 0.1) is 46.3 Å². The molecule has 0 bridgehead atoms. The molecule has 1 nitrogen and oxygen atoms in total. The summed E-state index contributed by atoms with van der Waals surface area (Å²) in [6.07, 6.45) is 17.9. The molecule has 3 saturated carbocycles. The topological polar surface area (TPSA) is 20.2 Å². The summed E-state index contributed by atoms with van der Waals surface area (Å²) in [4.78, 5) is 0. The van der Waals surface area contributed by atoms with Crippen LogP contribution in [0.3, 0.4) is 0 Å². The SMILES string of the molecule is CC=C(CC[C@@H](C)[C@H]1CC[C@H]2C3=CC[C@@H]4C[C@@H](O)CC[C@]4(C)[C@H]3CC[C@]12C)C(C)C. The molecule has 0 aliphatic heterocycles. The fourth-order valence-corrected chi connectivity index (χ4v) is 8.83. The summed E-state index contributed by atoms with van der Waals surface area (Å²) >= 11 is 0. The van der Waals surface area contributed by atoms with Gasteiger partial charge < -0.3 is 5.11 Å². The molecule has 170 valence electrons. The van der Waals surface area contributed by atoms with Gasteiger partial charge in [-0.2, -0.15) is 0 Å². The quantitative estimate of drug-likeness (QED) is 0.454. The summed E-state index contributed by atoms with van der Waals surface area (Å²) in [6, 6.07) is 0. The molecular weight excluding hydrogens is 364 g/mol. The molecule has 0 aromatic rings. The molecule has 0 aromatic carbocycles. The Morgan fingerprint density at radius 2 is 1.77 bits per heavy atom. The summed E-state index contributed by atoms with van der Waals surface area (Å²) in [5.41, 5.74) is 4.49. The van der Waals surface area contributed by atoms with Crippen molar-refractivity contribution < 1.29 is 5.11 Å². The molecule has 0 unspecified atom stereocenters. The molecule has 0 aromatic heterocycles. The largest absolute Gasteiger partial charge is 0.393 e. The molecule has 0 spiro atoms. The highest BCUT2D eigenvalue weighted by molar-refractivity contribution is 5.27. The number of rotatable bonds is 5. The van der Waals surface area contributed by atoms with Gasteiger partial charge in [-0.3, -0.25) is 0 Å². The monoisotopic (exact) mass is 412 g/mol. The predicted molar refractivity (Wildman–Crippen MR) is 128 cm³/mol. The molecule has 4 rings (SSSR count). The third kappa shape index (κ3) is 3.66. The van der Waals surface area contributed by atoms with Crippen LogP contribution in [-0.2, 0) is 0 Å². The highest BCUT2D eigenvalue weighted by atomic mass is 16.3. The van der Waals surface area contributed by atoms with Crippen LogP contribution in [0.2, 0.25) is 0 Å². The number of hydrogen-bond donors (Lipinski definition) is 1. The Kier molecular flexibility index (Phi) is 6.35. The molecule has 0 heterocycles. The van der Waals surface area contributed by atoms with Crippen molar-refractivity contribution in [2.45, 2.75) is 112 Å². The minimum Gasteiger partial charge on any atom is -0.393 e. The molecule has 1 heteroatoms. The van der Waals surface area contributed by atoms with Crippen molar-refractivity contribution in [3.8, 4) is 0 Å². The van der Waals surface area contributed by atoms with E-state index in [1.807, 2.05) is 5.57 Å². The summed E-state index contributed by atoms with van der Waals surface area (Å²) in [7, 11) is 0. The van der Waals surface area contributed by atoms with E-state index in [-0.39, 0.29) is 6.10 Å². The molecule has 0 amide bonds. The maximum absolute atomic E-state index is 10.3. The van der Waals surface area contributed by atoms with Crippen molar-refractivity contribution in [3.63, 3.8) is 0 Å². The molecule has 30 heavy (non-hydrogen) atoms. The number of aliphatic hydroxyl groups excluding tert-OH is 1. The Bertz CT molecular complexity index is 686. The van der Waals surface area contributed by atoms with Crippen molar-refractivity contribution in [2.24, 2.45) is 46.3 Å². The maximum atomic E-state index is 10.3. The zero-order valence-electron chi connectivity index (χ0n) is 20.7. The van der Waals surface area contributed by atoms with Gasteiger partial charge in [0.05, 0.1) is 6.10 Å². The van der Waals surface area contributed by atoms with Gasteiger partial charge in [-0.05, 0) is 117 Å². The molecular formula is C29H48O. The third-order valence-corrected chi connectivity index (χ3v) is 10.8. The van der Waals surface area contributed by atoms with E-state index in [1.54, 1.807) is 5.57 Å². The van der Waals surface area contributed by atoms with Crippen molar-refractivity contribution >= 4 is 0 Å². The Balaban J connectivity index is 1.50. The standard InChI is InChI=1S/C29H48O/c1-7-21(19(2)3)9-8-20(4)25-12-13-26-24-11-10-22-18-23(30)14-16-28(22,5)27(24)15-17-29(25,26)6/h7,11,19-20,22-23,25-27,30H,8-10,12-18H2,1-6H3/t20-,22-,23+,25-,26+,27+,28+,29-/m1/s1. The minimum atomic E-state index is -0.0449. The van der Waals surface area contributed by atoms with Gasteiger partial charge in [0, 0.05) is 0 Å². The normalized spacial score (nSPS) is 44.9. The second-order valence-corrected chi connectivity index (χ2v) is 12.4. The van der Waals surface area contributed by atoms with Gasteiger partial charge in [-0.1, -0.05) is 57.9 Å². The van der Waals surface area contributed by atoms with E-state index in [1.165, 1.54) is 51.4 Å². The van der Waals surface area contributed by atoms with Crippen LogP contribution >= 0.6 is 0 Å². The van der Waals surface area contributed by atoms with Gasteiger partial charge in [-0.25, -0.2) is 0 Å². The van der Waals surface area contributed by atoms with Gasteiger partial charge in [0.2, 0.25) is 0 Å². The van der Waals surface area contributed by atoms with Crippen molar-refractivity contribution in [1.29, 1.82) is 0 Å². The first-order valence-corrected chi connectivity index (χ1v) is 13.2. The Labute approximate surface area is 186 Å². The van der Waals surface area contributed by atoms with E-state index in [0.29, 0.717) is 22.7 Å². The summed E-state index contributed by atoms with van der Waals surface area (Å²) < 4.78 is 0. The van der Waals surface area contributed by atoms with Gasteiger partial charge in [0.1, 0.15) is 0 Å². The smallest absolute Gasteiger partial charge is 0.0543 e. The van der Waals surface area contributed by atoms with Crippen LogP contribution in [0.4, 0.5) is 0 Å². The van der Waals surface area contributed by atoms with E-state index in [4.69, 9.17) is 0 Å². The predicted octanol–water partition coefficient (Wildman–Crippen LogP) is 7.94. The molecule has 1 N–H and O–H groups in total. The zero-order valence-corrected chi connectivity index (χ0v) is 20.7. The molecule has 8 atom stereocenters. The highest BCUT2D eigenvalue weighted by Crippen LogP contribution is 2.67. The molecule has 3 fully saturated rings. The van der Waals surface area contributed by atoms with Gasteiger partial charge in [0.25, 0.3) is 0 Å². The first-order chi connectivity index (χ1) is 14.2. The number of allylic oxidation sites excluding steroid dienone is 4. The van der Waals surface area contributed by atoms with Gasteiger partial charge >= 0.3 is 0 Å². The van der Waals surface area contributed by atoms with E-state index >= 15 is 0 Å². The van der Waals surface area contributed by atoms with E-state index < -0.39 is 0 Å². The summed E-state index contributed by atoms with van der Waals surface area (Å²) in [5, 5.41) is 10.3. The molecule has 4 aliphatic carbocycles. The Morgan fingerprint density at radius 1 is 1.07 bits per heavy atom. The summed E-state index contributed by atoms with van der Waals surface area (Å²) in [6.45, 7) is 14.7. The third-order valence-electron chi connectivity index (χ3n) is 10.8. The van der Waals surface area contributed by atoms with Gasteiger partial charge in [0.15, 0.2) is 0 Å².